The second kappa shape index (κ2) is 22.2. The number of furan rings is 1. The standard InChI is InChI=1S/C42H48N4O11/c1-5-34(46(28-47)56-26-30-15-11-8-12-16-30)32(19-17-29-13-9-7-10-14-29)40(50)43-27-44-41(51)36-22-21-35(57-36)31-18-20-33(37(23-31)55-6-2)42(52)45(24-38(48)53-3)25-39(49)54-4/h7-16,18,20-23,28,32,34H,5-6,17,19,24-27H2,1-4H3,(H,43,50)(H,44,51). The largest absolute Gasteiger partial charge is 0.493 e. The normalized spacial score (nSPS) is 11.7. The second-order valence-corrected chi connectivity index (χ2v) is 12.7. The Morgan fingerprint density at radius 2 is 1.46 bits per heavy atom. The summed E-state index contributed by atoms with van der Waals surface area (Å²) in [6.07, 6.45) is 2.00. The number of carbonyl (C=O) groups is 6. The van der Waals surface area contributed by atoms with Gasteiger partial charge < -0.3 is 34.2 Å². The third kappa shape index (κ3) is 12.5. The SMILES string of the molecule is CCOc1cc(-c2ccc(C(=O)NCNC(=O)C(CCc3ccccc3)C(CC)N(C=O)OCc3ccccc3)o2)ccc1C(=O)N(CC(=O)OC)CC(=O)OC. The van der Waals surface area contributed by atoms with E-state index in [0.29, 0.717) is 31.2 Å². The van der Waals surface area contributed by atoms with E-state index in [4.69, 9.17) is 14.0 Å². The van der Waals surface area contributed by atoms with Crippen molar-refractivity contribution in [3.05, 3.63) is 113 Å². The van der Waals surface area contributed by atoms with Crippen LogP contribution < -0.4 is 15.4 Å². The fourth-order valence-electron chi connectivity index (χ4n) is 6.02. The van der Waals surface area contributed by atoms with Crippen molar-refractivity contribution >= 4 is 36.1 Å². The van der Waals surface area contributed by atoms with Gasteiger partial charge >= 0.3 is 11.9 Å². The number of methoxy groups -OCH3 is 2. The van der Waals surface area contributed by atoms with Crippen LogP contribution in [0.25, 0.3) is 11.3 Å². The Kier molecular flexibility index (Phi) is 16.8. The minimum Gasteiger partial charge on any atom is -0.493 e. The number of rotatable bonds is 22. The summed E-state index contributed by atoms with van der Waals surface area (Å²) in [4.78, 5) is 83.5. The number of aryl methyl sites for hydroxylation is 1. The minimum atomic E-state index is -0.732. The number of amides is 4. The molecule has 3 aromatic carbocycles. The number of hydroxylamine groups is 2. The average molecular weight is 785 g/mol. The molecular weight excluding hydrogens is 736 g/mol. The number of hydrogen-bond acceptors (Lipinski definition) is 11. The first kappa shape index (κ1) is 43.3. The van der Waals surface area contributed by atoms with Gasteiger partial charge in [0.05, 0.1) is 45.0 Å². The summed E-state index contributed by atoms with van der Waals surface area (Å²) in [5, 5.41) is 6.63. The van der Waals surface area contributed by atoms with Gasteiger partial charge in [0.15, 0.2) is 5.76 Å². The summed E-state index contributed by atoms with van der Waals surface area (Å²) in [5.74, 6) is -3.41. The van der Waals surface area contributed by atoms with Crippen LogP contribution in [0.2, 0.25) is 0 Å². The molecular formula is C42H48N4O11. The van der Waals surface area contributed by atoms with Crippen LogP contribution in [0.15, 0.2) is 95.4 Å². The van der Waals surface area contributed by atoms with Crippen molar-refractivity contribution < 1.29 is 52.2 Å². The molecule has 0 radical (unpaired) electrons. The number of carbonyl (C=O) groups excluding carboxylic acids is 6. The summed E-state index contributed by atoms with van der Waals surface area (Å²) < 4.78 is 20.9. The number of nitrogens with zero attached hydrogens (tertiary/aromatic N) is 2. The molecule has 0 aliphatic carbocycles. The lowest BCUT2D eigenvalue weighted by atomic mass is 9.90. The van der Waals surface area contributed by atoms with Gasteiger partial charge in [-0.2, -0.15) is 0 Å². The van der Waals surface area contributed by atoms with Crippen molar-refractivity contribution in [2.75, 3.05) is 40.6 Å². The minimum absolute atomic E-state index is 0.0480. The Hall–Kier alpha value is -6.48. The smallest absolute Gasteiger partial charge is 0.325 e. The van der Waals surface area contributed by atoms with Crippen LogP contribution in [0.5, 0.6) is 5.75 Å². The number of benzene rings is 3. The Labute approximate surface area is 331 Å². The molecule has 0 saturated carbocycles. The third-order valence-electron chi connectivity index (χ3n) is 8.98. The van der Waals surface area contributed by atoms with Crippen molar-refractivity contribution in [1.82, 2.24) is 20.6 Å². The molecule has 0 aliphatic rings. The molecule has 4 amide bonds. The Morgan fingerprint density at radius 3 is 2.05 bits per heavy atom. The maximum absolute atomic E-state index is 13.7. The zero-order valence-corrected chi connectivity index (χ0v) is 32.4. The van der Waals surface area contributed by atoms with E-state index in [2.05, 4.69) is 20.1 Å². The number of esters is 2. The van der Waals surface area contributed by atoms with Gasteiger partial charge in [-0.05, 0) is 61.6 Å². The zero-order chi connectivity index (χ0) is 41.2. The molecule has 0 bridgehead atoms. The molecule has 1 heterocycles. The molecule has 4 aromatic rings. The predicted molar refractivity (Wildman–Crippen MR) is 207 cm³/mol. The van der Waals surface area contributed by atoms with Gasteiger partial charge in [-0.3, -0.25) is 33.6 Å². The highest BCUT2D eigenvalue weighted by molar-refractivity contribution is 6.00. The van der Waals surface area contributed by atoms with E-state index in [1.165, 1.54) is 23.3 Å². The fraction of sp³-hybridized carbons (Fsp3) is 0.333. The van der Waals surface area contributed by atoms with Gasteiger partial charge in [-0.1, -0.05) is 73.7 Å². The molecule has 15 nitrogen and oxygen atoms in total. The van der Waals surface area contributed by atoms with Gasteiger partial charge in [0.25, 0.3) is 11.8 Å². The third-order valence-corrected chi connectivity index (χ3v) is 8.98. The number of nitrogens with one attached hydrogen (secondary N) is 2. The highest BCUT2D eigenvalue weighted by Gasteiger charge is 2.32. The molecule has 4 rings (SSSR count). The van der Waals surface area contributed by atoms with Crippen molar-refractivity contribution in [3.63, 3.8) is 0 Å². The van der Waals surface area contributed by atoms with Crippen LogP contribution in [0, 0.1) is 5.92 Å². The maximum Gasteiger partial charge on any atom is 0.325 e. The lowest BCUT2D eigenvalue weighted by molar-refractivity contribution is -0.200. The van der Waals surface area contributed by atoms with E-state index in [1.54, 1.807) is 19.1 Å². The average Bonchev–Trinajstić information content (AvgIpc) is 3.74. The Balaban J connectivity index is 1.44. The molecule has 2 atom stereocenters. The fourth-order valence-corrected chi connectivity index (χ4v) is 6.02. The van der Waals surface area contributed by atoms with Gasteiger partial charge in [0, 0.05) is 5.56 Å². The monoisotopic (exact) mass is 784 g/mol. The first-order chi connectivity index (χ1) is 27.6. The summed E-state index contributed by atoms with van der Waals surface area (Å²) in [7, 11) is 2.33. The van der Waals surface area contributed by atoms with E-state index in [0.717, 1.165) is 30.2 Å². The second-order valence-electron chi connectivity index (χ2n) is 12.7. The van der Waals surface area contributed by atoms with Crippen LogP contribution >= 0.6 is 0 Å². The number of hydrogen-bond donors (Lipinski definition) is 2. The van der Waals surface area contributed by atoms with Gasteiger partial charge in [0.1, 0.15) is 31.2 Å². The van der Waals surface area contributed by atoms with E-state index in [1.807, 2.05) is 67.6 Å². The molecule has 302 valence electrons. The van der Waals surface area contributed by atoms with E-state index >= 15 is 0 Å². The van der Waals surface area contributed by atoms with E-state index in [-0.39, 0.29) is 48.6 Å². The van der Waals surface area contributed by atoms with Crippen LogP contribution in [0.3, 0.4) is 0 Å². The van der Waals surface area contributed by atoms with Crippen LogP contribution in [0.4, 0.5) is 0 Å². The molecule has 0 spiro atoms. The number of ether oxygens (including phenoxy) is 3. The molecule has 2 N–H and O–H groups in total. The Bertz CT molecular complexity index is 1930. The summed E-state index contributed by atoms with van der Waals surface area (Å²) in [6, 6.07) is 26.1. The van der Waals surface area contributed by atoms with Gasteiger partial charge in [0.2, 0.25) is 12.3 Å². The lowest BCUT2D eigenvalue weighted by Crippen LogP contribution is -2.48. The molecule has 2 unspecified atom stereocenters. The summed E-state index contributed by atoms with van der Waals surface area (Å²) in [6.45, 7) is 2.71. The van der Waals surface area contributed by atoms with Crippen molar-refractivity contribution in [1.29, 1.82) is 0 Å². The topological polar surface area (TPSA) is 183 Å². The summed E-state index contributed by atoms with van der Waals surface area (Å²) in [5.41, 5.74) is 2.44. The highest BCUT2D eigenvalue weighted by atomic mass is 16.7. The van der Waals surface area contributed by atoms with Crippen molar-refractivity contribution in [3.8, 4) is 17.1 Å². The molecule has 1 aromatic heterocycles. The predicted octanol–water partition coefficient (Wildman–Crippen LogP) is 4.55. The molecule has 0 fully saturated rings. The van der Waals surface area contributed by atoms with E-state index < -0.39 is 48.8 Å². The van der Waals surface area contributed by atoms with Crippen LogP contribution in [-0.2, 0) is 46.5 Å². The van der Waals surface area contributed by atoms with Gasteiger partial charge in [-0.25, -0.2) is 5.06 Å². The van der Waals surface area contributed by atoms with Crippen molar-refractivity contribution in [2.45, 2.75) is 45.8 Å². The van der Waals surface area contributed by atoms with Crippen LogP contribution in [0.1, 0.15) is 58.7 Å². The molecule has 57 heavy (non-hydrogen) atoms. The zero-order valence-electron chi connectivity index (χ0n) is 32.4. The van der Waals surface area contributed by atoms with Gasteiger partial charge in [-0.15, -0.1) is 0 Å². The maximum atomic E-state index is 13.7. The quantitative estimate of drug-likeness (QED) is 0.0494. The van der Waals surface area contributed by atoms with Crippen molar-refractivity contribution in [2.24, 2.45) is 5.92 Å². The molecule has 15 heteroatoms. The summed E-state index contributed by atoms with van der Waals surface area (Å²) >= 11 is 0. The molecule has 0 saturated heterocycles. The highest BCUT2D eigenvalue weighted by Crippen LogP contribution is 2.30. The Morgan fingerprint density at radius 1 is 0.807 bits per heavy atom. The van der Waals surface area contributed by atoms with Crippen LogP contribution in [-0.4, -0.2) is 92.7 Å². The lowest BCUT2D eigenvalue weighted by Gasteiger charge is -2.32. The first-order valence-corrected chi connectivity index (χ1v) is 18.4. The first-order valence-electron chi connectivity index (χ1n) is 18.4. The van der Waals surface area contributed by atoms with E-state index in [9.17, 15) is 28.8 Å². The molecule has 0 aliphatic heterocycles.